The summed E-state index contributed by atoms with van der Waals surface area (Å²) in [5, 5.41) is 7.75. The predicted molar refractivity (Wildman–Crippen MR) is 122 cm³/mol. The number of likely N-dealkylation sites (tertiary alicyclic amines) is 1. The monoisotopic (exact) mass is 455 g/mol. The van der Waals surface area contributed by atoms with Crippen LogP contribution in [0.1, 0.15) is 33.7 Å². The minimum absolute atomic E-state index is 0.0767. The molecule has 1 aliphatic heterocycles. The van der Waals surface area contributed by atoms with Gasteiger partial charge in [-0.3, -0.25) is 14.3 Å². The Kier molecular flexibility index (Phi) is 6.43. The third kappa shape index (κ3) is 4.46. The molecule has 1 aliphatic rings. The third-order valence-corrected chi connectivity index (χ3v) is 6.09. The molecule has 1 aromatic carbocycles. The van der Waals surface area contributed by atoms with E-state index in [4.69, 9.17) is 14.2 Å². The van der Waals surface area contributed by atoms with Crippen molar-refractivity contribution >= 4 is 22.7 Å². The highest BCUT2D eigenvalue weighted by atomic mass is 16.5. The zero-order valence-electron chi connectivity index (χ0n) is 19.3. The Balaban J connectivity index is 1.40. The van der Waals surface area contributed by atoms with Gasteiger partial charge in [0.1, 0.15) is 11.4 Å². The smallest absolute Gasteiger partial charge is 0.270 e. The first-order valence-corrected chi connectivity index (χ1v) is 10.8. The number of rotatable bonds is 7. The number of nitrogens with zero attached hydrogens (tertiary/aromatic N) is 3. The number of carbonyl (C=O) groups is 2. The molecule has 0 radical (unpaired) electrons. The fourth-order valence-electron chi connectivity index (χ4n) is 4.24. The van der Waals surface area contributed by atoms with Crippen LogP contribution in [-0.2, 0) is 7.05 Å². The maximum absolute atomic E-state index is 13.2. The van der Waals surface area contributed by atoms with Gasteiger partial charge in [-0.2, -0.15) is 5.10 Å². The molecule has 2 N–H and O–H groups in total. The van der Waals surface area contributed by atoms with E-state index in [1.807, 2.05) is 4.90 Å². The van der Waals surface area contributed by atoms with E-state index in [1.165, 1.54) is 0 Å². The van der Waals surface area contributed by atoms with Gasteiger partial charge in [0.15, 0.2) is 11.5 Å². The minimum atomic E-state index is -0.127. The lowest BCUT2D eigenvalue weighted by Gasteiger charge is -2.31. The van der Waals surface area contributed by atoms with Crippen molar-refractivity contribution in [1.29, 1.82) is 0 Å². The summed E-state index contributed by atoms with van der Waals surface area (Å²) in [5.74, 6) is 1.76. The standard InChI is InChI=1S/C23H29N5O5/c1-27-13-15(12-25-27)22(29)24-11-14-5-7-28(8-6-14)23(30)17-9-16-18(31-2)10-19(32-3)21(33-4)20(16)26-17/h9-10,12-14,26H,5-8,11H2,1-4H3,(H,24,29). The molecular weight excluding hydrogens is 426 g/mol. The SMILES string of the molecule is COc1cc(OC)c2cc(C(=O)N3CCC(CNC(=O)c4cnn(C)c4)CC3)[nH]c2c1OC. The quantitative estimate of drug-likeness (QED) is 0.565. The van der Waals surface area contributed by atoms with Crippen molar-refractivity contribution in [3.8, 4) is 17.2 Å². The summed E-state index contributed by atoms with van der Waals surface area (Å²) in [6.07, 6.45) is 4.88. The average Bonchev–Trinajstić information content (AvgIpc) is 3.48. The number of methoxy groups -OCH3 is 3. The second kappa shape index (κ2) is 9.43. The number of hydrogen-bond acceptors (Lipinski definition) is 6. The lowest BCUT2D eigenvalue weighted by Crippen LogP contribution is -2.41. The Labute approximate surface area is 191 Å². The summed E-state index contributed by atoms with van der Waals surface area (Å²) < 4.78 is 18.0. The van der Waals surface area contributed by atoms with Crippen LogP contribution >= 0.6 is 0 Å². The van der Waals surface area contributed by atoms with E-state index in [-0.39, 0.29) is 11.8 Å². The highest BCUT2D eigenvalue weighted by Crippen LogP contribution is 2.41. The summed E-state index contributed by atoms with van der Waals surface area (Å²) >= 11 is 0. The fraction of sp³-hybridized carbons (Fsp3) is 0.435. The third-order valence-electron chi connectivity index (χ3n) is 6.09. The topological polar surface area (TPSA) is 111 Å². The van der Waals surface area contributed by atoms with Crippen LogP contribution in [-0.4, -0.2) is 72.4 Å². The Morgan fingerprint density at radius 2 is 1.85 bits per heavy atom. The Hall–Kier alpha value is -3.69. The second-order valence-electron chi connectivity index (χ2n) is 8.13. The number of H-pyrrole nitrogens is 1. The van der Waals surface area contributed by atoms with Gasteiger partial charge in [0.05, 0.1) is 38.6 Å². The van der Waals surface area contributed by atoms with Crippen LogP contribution in [0.2, 0.25) is 0 Å². The number of carbonyl (C=O) groups excluding carboxylic acids is 2. The molecule has 2 amide bonds. The Bertz CT molecular complexity index is 1160. The fourth-order valence-corrected chi connectivity index (χ4v) is 4.24. The number of aryl methyl sites for hydroxylation is 1. The first-order chi connectivity index (χ1) is 15.9. The number of aromatic nitrogens is 3. The minimum Gasteiger partial charge on any atom is -0.496 e. The molecule has 4 rings (SSSR count). The Morgan fingerprint density at radius 3 is 2.45 bits per heavy atom. The summed E-state index contributed by atoms with van der Waals surface area (Å²) in [4.78, 5) is 30.4. The van der Waals surface area contributed by atoms with Crippen molar-refractivity contribution in [2.45, 2.75) is 12.8 Å². The molecule has 0 unspecified atom stereocenters. The molecule has 1 saturated heterocycles. The first-order valence-electron chi connectivity index (χ1n) is 10.8. The number of nitrogens with one attached hydrogen (secondary N) is 2. The van der Waals surface area contributed by atoms with Crippen LogP contribution in [0.25, 0.3) is 10.9 Å². The average molecular weight is 456 g/mol. The highest BCUT2D eigenvalue weighted by molar-refractivity contribution is 6.02. The van der Waals surface area contributed by atoms with Crippen molar-refractivity contribution in [3.05, 3.63) is 35.8 Å². The number of piperidine rings is 1. The van der Waals surface area contributed by atoms with Gasteiger partial charge in [-0.05, 0) is 24.8 Å². The van der Waals surface area contributed by atoms with E-state index >= 15 is 0 Å². The largest absolute Gasteiger partial charge is 0.496 e. The summed E-state index contributed by atoms with van der Waals surface area (Å²) in [7, 11) is 6.47. The van der Waals surface area contributed by atoms with Crippen molar-refractivity contribution < 1.29 is 23.8 Å². The van der Waals surface area contributed by atoms with Crippen LogP contribution in [0.5, 0.6) is 17.2 Å². The second-order valence-corrected chi connectivity index (χ2v) is 8.13. The van der Waals surface area contributed by atoms with Gasteiger partial charge in [-0.1, -0.05) is 0 Å². The van der Waals surface area contributed by atoms with Gasteiger partial charge in [0.2, 0.25) is 0 Å². The maximum Gasteiger partial charge on any atom is 0.270 e. The van der Waals surface area contributed by atoms with Crippen LogP contribution in [0.4, 0.5) is 0 Å². The van der Waals surface area contributed by atoms with E-state index in [1.54, 1.807) is 57.6 Å². The number of ether oxygens (including phenoxy) is 3. The molecule has 33 heavy (non-hydrogen) atoms. The van der Waals surface area contributed by atoms with Crippen LogP contribution in [0.3, 0.4) is 0 Å². The molecule has 0 atom stereocenters. The molecule has 2 aromatic heterocycles. The first kappa shape index (κ1) is 22.5. The van der Waals surface area contributed by atoms with Crippen LogP contribution < -0.4 is 19.5 Å². The molecule has 3 aromatic rings. The number of hydrogen-bond donors (Lipinski definition) is 2. The summed E-state index contributed by atoms with van der Waals surface area (Å²) in [6.45, 7) is 1.83. The van der Waals surface area contributed by atoms with E-state index < -0.39 is 0 Å². The van der Waals surface area contributed by atoms with Crippen LogP contribution in [0.15, 0.2) is 24.5 Å². The number of aromatic amines is 1. The number of fused-ring (bicyclic) bond motifs is 1. The molecule has 0 aliphatic carbocycles. The van der Waals surface area contributed by atoms with E-state index in [9.17, 15) is 9.59 Å². The molecule has 0 spiro atoms. The van der Waals surface area contributed by atoms with Crippen molar-refractivity contribution in [2.75, 3.05) is 41.0 Å². The lowest BCUT2D eigenvalue weighted by molar-refractivity contribution is 0.0679. The molecule has 10 nitrogen and oxygen atoms in total. The van der Waals surface area contributed by atoms with E-state index in [2.05, 4.69) is 15.4 Å². The lowest BCUT2D eigenvalue weighted by atomic mass is 9.96. The highest BCUT2D eigenvalue weighted by Gasteiger charge is 2.26. The van der Waals surface area contributed by atoms with E-state index in [0.29, 0.717) is 59.6 Å². The van der Waals surface area contributed by atoms with Crippen molar-refractivity contribution in [3.63, 3.8) is 0 Å². The van der Waals surface area contributed by atoms with Crippen molar-refractivity contribution in [2.24, 2.45) is 13.0 Å². The Morgan fingerprint density at radius 1 is 1.12 bits per heavy atom. The van der Waals surface area contributed by atoms with Gasteiger partial charge in [0.25, 0.3) is 11.8 Å². The van der Waals surface area contributed by atoms with Gasteiger partial charge >= 0.3 is 0 Å². The summed E-state index contributed by atoms with van der Waals surface area (Å²) in [6, 6.07) is 3.53. The van der Waals surface area contributed by atoms with Crippen molar-refractivity contribution in [1.82, 2.24) is 25.0 Å². The number of amides is 2. The predicted octanol–water partition coefficient (Wildman–Crippen LogP) is 2.21. The molecule has 176 valence electrons. The normalized spacial score (nSPS) is 14.4. The molecule has 3 heterocycles. The van der Waals surface area contributed by atoms with Gasteiger partial charge in [-0.25, -0.2) is 0 Å². The zero-order valence-corrected chi connectivity index (χ0v) is 19.3. The molecular formula is C23H29N5O5. The van der Waals surface area contributed by atoms with Gasteiger partial charge in [0, 0.05) is 44.3 Å². The van der Waals surface area contributed by atoms with E-state index in [0.717, 1.165) is 18.2 Å². The zero-order chi connectivity index (χ0) is 23.5. The molecule has 0 saturated carbocycles. The molecule has 0 bridgehead atoms. The number of benzene rings is 1. The van der Waals surface area contributed by atoms with Gasteiger partial charge < -0.3 is 29.4 Å². The van der Waals surface area contributed by atoms with Crippen LogP contribution in [0, 0.1) is 5.92 Å². The molecule has 10 heteroatoms. The summed E-state index contributed by atoms with van der Waals surface area (Å²) in [5.41, 5.74) is 1.68. The molecule has 1 fully saturated rings. The van der Waals surface area contributed by atoms with Gasteiger partial charge in [-0.15, -0.1) is 0 Å². The maximum atomic E-state index is 13.2.